The van der Waals surface area contributed by atoms with E-state index in [0.717, 1.165) is 24.2 Å². The largest absolute Gasteiger partial charge is 0.334 e. The lowest BCUT2D eigenvalue weighted by atomic mass is 10.1. The molecule has 0 radical (unpaired) electrons. The first-order chi connectivity index (χ1) is 14.0. The highest BCUT2D eigenvalue weighted by Gasteiger charge is 2.31. The Morgan fingerprint density at radius 2 is 1.93 bits per heavy atom. The number of hydrogen-bond acceptors (Lipinski definition) is 5. The molecule has 4 rings (SSSR count). The second-order valence-corrected chi connectivity index (χ2v) is 7.56. The highest BCUT2D eigenvalue weighted by molar-refractivity contribution is 5.94. The summed E-state index contributed by atoms with van der Waals surface area (Å²) < 4.78 is 17.9. The zero-order valence-corrected chi connectivity index (χ0v) is 16.5. The maximum atomic E-state index is 13.1. The van der Waals surface area contributed by atoms with Gasteiger partial charge in [-0.2, -0.15) is 0 Å². The molecule has 0 saturated carbocycles. The first-order valence-corrected chi connectivity index (χ1v) is 9.69. The standard InChI is InChI=1S/C22H23FN4O2/c1-15-13-27(16(2)12-26(15)14-17-6-9-19(23)10-7-17)21(28)11-8-18-4-3-5-20-22(18)25-29-24-20/h3-11,15-16H,12-14H2,1-2H3/b11-8+/t15-,16+/m1/s1. The minimum absolute atomic E-state index is 0.0285. The van der Waals surface area contributed by atoms with Gasteiger partial charge in [-0.15, -0.1) is 0 Å². The second kappa shape index (κ2) is 8.13. The second-order valence-electron chi connectivity index (χ2n) is 7.56. The molecule has 150 valence electrons. The van der Waals surface area contributed by atoms with Gasteiger partial charge in [-0.25, -0.2) is 9.02 Å². The van der Waals surface area contributed by atoms with Gasteiger partial charge in [0.15, 0.2) is 0 Å². The fourth-order valence-electron chi connectivity index (χ4n) is 3.77. The van der Waals surface area contributed by atoms with E-state index in [1.165, 1.54) is 12.1 Å². The van der Waals surface area contributed by atoms with Crippen LogP contribution in [-0.4, -0.2) is 51.2 Å². The van der Waals surface area contributed by atoms with Gasteiger partial charge < -0.3 is 4.90 Å². The fraction of sp³-hybridized carbons (Fsp3) is 0.318. The van der Waals surface area contributed by atoms with Crippen LogP contribution < -0.4 is 0 Å². The summed E-state index contributed by atoms with van der Waals surface area (Å²) in [4.78, 5) is 17.0. The predicted molar refractivity (Wildman–Crippen MR) is 108 cm³/mol. The quantitative estimate of drug-likeness (QED) is 0.634. The molecule has 2 aromatic carbocycles. The van der Waals surface area contributed by atoms with Crippen LogP contribution in [0.5, 0.6) is 0 Å². The summed E-state index contributed by atoms with van der Waals surface area (Å²) in [6.07, 6.45) is 3.35. The summed E-state index contributed by atoms with van der Waals surface area (Å²) in [6, 6.07) is 12.4. The number of rotatable bonds is 4. The van der Waals surface area contributed by atoms with Crippen molar-refractivity contribution in [3.63, 3.8) is 0 Å². The Kier molecular flexibility index (Phi) is 5.40. The van der Waals surface area contributed by atoms with Crippen molar-refractivity contribution in [3.05, 3.63) is 65.5 Å². The molecule has 1 aliphatic rings. The monoisotopic (exact) mass is 394 g/mol. The lowest BCUT2D eigenvalue weighted by Crippen LogP contribution is -2.57. The van der Waals surface area contributed by atoms with Gasteiger partial charge in [0.2, 0.25) is 5.91 Å². The molecule has 0 aliphatic carbocycles. The van der Waals surface area contributed by atoms with Crippen LogP contribution >= 0.6 is 0 Å². The van der Waals surface area contributed by atoms with Crippen molar-refractivity contribution in [2.75, 3.05) is 13.1 Å². The molecule has 0 bridgehead atoms. The zero-order valence-electron chi connectivity index (χ0n) is 16.5. The minimum atomic E-state index is -0.227. The van der Waals surface area contributed by atoms with Gasteiger partial charge in [0, 0.05) is 43.4 Å². The molecule has 29 heavy (non-hydrogen) atoms. The SMILES string of the molecule is C[C@@H]1CN(C(=O)/C=C/c2cccc3nonc23)[C@@H](C)CN1Cc1ccc(F)cc1. The van der Waals surface area contributed by atoms with Gasteiger partial charge >= 0.3 is 0 Å². The van der Waals surface area contributed by atoms with Gasteiger partial charge in [0.05, 0.1) is 0 Å². The molecule has 0 N–H and O–H groups in total. The van der Waals surface area contributed by atoms with Crippen molar-refractivity contribution in [1.29, 1.82) is 0 Å². The number of aromatic nitrogens is 2. The molecule has 1 amide bonds. The lowest BCUT2D eigenvalue weighted by molar-refractivity contribution is -0.131. The zero-order chi connectivity index (χ0) is 20.4. The van der Waals surface area contributed by atoms with Gasteiger partial charge in [0.25, 0.3) is 0 Å². The molecular formula is C22H23FN4O2. The van der Waals surface area contributed by atoms with Crippen LogP contribution in [0, 0.1) is 5.82 Å². The normalized spacial score (nSPS) is 20.6. The average Bonchev–Trinajstić information content (AvgIpc) is 3.20. The van der Waals surface area contributed by atoms with Crippen LogP contribution in [0.4, 0.5) is 4.39 Å². The highest BCUT2D eigenvalue weighted by atomic mass is 19.1. The van der Waals surface area contributed by atoms with Crippen LogP contribution in [0.15, 0.2) is 53.2 Å². The van der Waals surface area contributed by atoms with Crippen LogP contribution in [-0.2, 0) is 11.3 Å². The third kappa shape index (κ3) is 4.19. The molecule has 1 fully saturated rings. The molecule has 0 unspecified atom stereocenters. The van der Waals surface area contributed by atoms with Crippen LogP contribution in [0.3, 0.4) is 0 Å². The summed E-state index contributed by atoms with van der Waals surface area (Å²) in [5.41, 5.74) is 3.17. The average molecular weight is 394 g/mol. The number of hydrogen-bond donors (Lipinski definition) is 0. The number of amides is 1. The number of benzene rings is 2. The summed E-state index contributed by atoms with van der Waals surface area (Å²) >= 11 is 0. The van der Waals surface area contributed by atoms with Crippen LogP contribution in [0.1, 0.15) is 25.0 Å². The molecule has 7 heteroatoms. The van der Waals surface area contributed by atoms with E-state index in [4.69, 9.17) is 4.63 Å². The topological polar surface area (TPSA) is 62.5 Å². The number of carbonyl (C=O) groups excluding carboxylic acids is 1. The number of piperazine rings is 1. The predicted octanol–water partition coefficient (Wildman–Crippen LogP) is 3.50. The van der Waals surface area contributed by atoms with Crippen molar-refractivity contribution in [1.82, 2.24) is 20.1 Å². The first kappa shape index (κ1) is 19.3. The van der Waals surface area contributed by atoms with E-state index in [-0.39, 0.29) is 23.8 Å². The van der Waals surface area contributed by atoms with E-state index in [1.54, 1.807) is 12.2 Å². The minimum Gasteiger partial charge on any atom is -0.334 e. The molecular weight excluding hydrogens is 371 g/mol. The Balaban J connectivity index is 1.42. The molecule has 3 aromatic rings. The third-order valence-corrected chi connectivity index (χ3v) is 5.42. The van der Waals surface area contributed by atoms with Crippen molar-refractivity contribution in [3.8, 4) is 0 Å². The van der Waals surface area contributed by atoms with Crippen molar-refractivity contribution < 1.29 is 13.8 Å². The van der Waals surface area contributed by atoms with E-state index in [1.807, 2.05) is 35.2 Å². The van der Waals surface area contributed by atoms with Crippen LogP contribution in [0.2, 0.25) is 0 Å². The summed E-state index contributed by atoms with van der Waals surface area (Å²) in [7, 11) is 0. The van der Waals surface area contributed by atoms with Gasteiger partial charge in [-0.05, 0) is 54.0 Å². The Labute approximate surface area is 168 Å². The van der Waals surface area contributed by atoms with E-state index in [0.29, 0.717) is 17.6 Å². The van der Waals surface area contributed by atoms with E-state index < -0.39 is 0 Å². The number of halogens is 1. The Morgan fingerprint density at radius 1 is 1.14 bits per heavy atom. The summed E-state index contributed by atoms with van der Waals surface area (Å²) in [6.45, 7) is 6.31. The maximum Gasteiger partial charge on any atom is 0.246 e. The van der Waals surface area contributed by atoms with E-state index >= 15 is 0 Å². The first-order valence-electron chi connectivity index (χ1n) is 9.69. The molecule has 6 nitrogen and oxygen atoms in total. The Bertz CT molecular complexity index is 1030. The third-order valence-electron chi connectivity index (χ3n) is 5.42. The molecule has 1 saturated heterocycles. The Hall–Kier alpha value is -3.06. The van der Waals surface area contributed by atoms with Crippen molar-refractivity contribution in [2.45, 2.75) is 32.5 Å². The molecule has 1 aromatic heterocycles. The van der Waals surface area contributed by atoms with Gasteiger partial charge in [-0.3, -0.25) is 9.69 Å². The van der Waals surface area contributed by atoms with Crippen LogP contribution in [0.25, 0.3) is 17.1 Å². The molecule has 0 spiro atoms. The molecule has 1 aliphatic heterocycles. The van der Waals surface area contributed by atoms with E-state index in [9.17, 15) is 9.18 Å². The molecule has 2 atom stereocenters. The maximum absolute atomic E-state index is 13.1. The molecule has 2 heterocycles. The number of nitrogens with zero attached hydrogens (tertiary/aromatic N) is 4. The summed E-state index contributed by atoms with van der Waals surface area (Å²) in [5.74, 6) is -0.256. The Morgan fingerprint density at radius 3 is 2.72 bits per heavy atom. The van der Waals surface area contributed by atoms with Crippen molar-refractivity contribution in [2.24, 2.45) is 0 Å². The fourth-order valence-corrected chi connectivity index (χ4v) is 3.77. The highest BCUT2D eigenvalue weighted by Crippen LogP contribution is 2.20. The summed E-state index contributed by atoms with van der Waals surface area (Å²) in [5, 5.41) is 7.72. The number of fused-ring (bicyclic) bond motifs is 1. The van der Waals surface area contributed by atoms with Gasteiger partial charge in [0.1, 0.15) is 16.9 Å². The smallest absolute Gasteiger partial charge is 0.246 e. The number of carbonyl (C=O) groups is 1. The van der Waals surface area contributed by atoms with E-state index in [2.05, 4.69) is 29.1 Å². The lowest BCUT2D eigenvalue weighted by Gasteiger charge is -2.43. The van der Waals surface area contributed by atoms with Gasteiger partial charge in [-0.1, -0.05) is 24.3 Å². The van der Waals surface area contributed by atoms with Crippen molar-refractivity contribution >= 4 is 23.0 Å².